The molecule has 0 aliphatic rings. The Morgan fingerprint density at radius 1 is 0.941 bits per heavy atom. The molecule has 0 radical (unpaired) electrons. The first-order chi connectivity index (χ1) is 8.20. The van der Waals surface area contributed by atoms with Crippen molar-refractivity contribution in [2.45, 2.75) is 0 Å². The van der Waals surface area contributed by atoms with Gasteiger partial charge < -0.3 is 5.11 Å². The van der Waals surface area contributed by atoms with Crippen molar-refractivity contribution >= 4 is 5.97 Å². The summed E-state index contributed by atoms with van der Waals surface area (Å²) < 4.78 is 0. The highest BCUT2D eigenvalue weighted by molar-refractivity contribution is 5.88. The third-order valence-corrected chi connectivity index (χ3v) is 2.52. The minimum absolute atomic E-state index is 0.286. The maximum absolute atomic E-state index is 10.7. The molecule has 2 aromatic carbocycles. The van der Waals surface area contributed by atoms with Crippen molar-refractivity contribution in [1.29, 1.82) is 0 Å². The van der Waals surface area contributed by atoms with Gasteiger partial charge >= 0.3 is 5.97 Å². The zero-order valence-electron chi connectivity index (χ0n) is 9.05. The summed E-state index contributed by atoms with van der Waals surface area (Å²) in [5.41, 5.74) is 3.10. The summed E-state index contributed by atoms with van der Waals surface area (Å²) in [6, 6.07) is 14.3. The molecule has 0 saturated heterocycles. The van der Waals surface area contributed by atoms with E-state index in [4.69, 9.17) is 11.5 Å². The van der Waals surface area contributed by atoms with Gasteiger partial charge in [-0.15, -0.1) is 6.42 Å². The monoisotopic (exact) mass is 222 g/mol. The fourth-order valence-corrected chi connectivity index (χ4v) is 1.56. The average molecular weight is 222 g/mol. The largest absolute Gasteiger partial charge is 0.478 e. The van der Waals surface area contributed by atoms with E-state index >= 15 is 0 Å². The van der Waals surface area contributed by atoms with Crippen molar-refractivity contribution < 1.29 is 9.90 Å². The highest BCUT2D eigenvalue weighted by atomic mass is 16.4. The Bertz CT molecular complexity index is 572. The van der Waals surface area contributed by atoms with Crippen LogP contribution in [-0.2, 0) is 0 Å². The summed E-state index contributed by atoms with van der Waals surface area (Å²) in [5.74, 6) is 1.63. The van der Waals surface area contributed by atoms with E-state index in [0.29, 0.717) is 0 Å². The summed E-state index contributed by atoms with van der Waals surface area (Å²) in [6.45, 7) is 0. The van der Waals surface area contributed by atoms with Gasteiger partial charge in [-0.1, -0.05) is 30.2 Å². The number of carbonyl (C=O) groups is 1. The molecule has 1 N–H and O–H groups in total. The minimum atomic E-state index is -0.917. The van der Waals surface area contributed by atoms with Gasteiger partial charge in [-0.3, -0.25) is 0 Å². The first-order valence-electron chi connectivity index (χ1n) is 5.11. The smallest absolute Gasteiger partial charge is 0.335 e. The van der Waals surface area contributed by atoms with Crippen LogP contribution in [0.4, 0.5) is 0 Å². The van der Waals surface area contributed by atoms with Gasteiger partial charge in [0.25, 0.3) is 0 Å². The van der Waals surface area contributed by atoms with Crippen molar-refractivity contribution in [2.75, 3.05) is 0 Å². The second kappa shape index (κ2) is 4.54. The summed E-state index contributed by atoms with van der Waals surface area (Å²) in [5, 5.41) is 8.79. The Kier molecular flexibility index (Phi) is 2.93. The maximum atomic E-state index is 10.7. The molecule has 0 saturated carbocycles. The number of benzene rings is 2. The quantitative estimate of drug-likeness (QED) is 0.793. The number of rotatable bonds is 2. The molecule has 0 aliphatic heterocycles. The summed E-state index contributed by atoms with van der Waals surface area (Å²) in [7, 11) is 0. The second-order valence-corrected chi connectivity index (χ2v) is 3.60. The molecule has 0 heterocycles. The number of hydrogen-bond donors (Lipinski definition) is 1. The molecule has 2 aromatic rings. The zero-order chi connectivity index (χ0) is 12.3. The number of aromatic carboxylic acids is 1. The van der Waals surface area contributed by atoms with Crippen LogP contribution in [0.5, 0.6) is 0 Å². The lowest BCUT2D eigenvalue weighted by atomic mass is 10.0. The molecule has 2 rings (SSSR count). The van der Waals surface area contributed by atoms with E-state index < -0.39 is 5.97 Å². The van der Waals surface area contributed by atoms with Crippen LogP contribution < -0.4 is 0 Å². The molecular weight excluding hydrogens is 212 g/mol. The van der Waals surface area contributed by atoms with Crippen LogP contribution in [0.1, 0.15) is 15.9 Å². The SMILES string of the molecule is C#Cc1ccc(-c2ccc(C(=O)O)cc2)cc1. The summed E-state index contributed by atoms with van der Waals surface area (Å²) in [4.78, 5) is 10.7. The highest BCUT2D eigenvalue weighted by Gasteiger charge is 2.02. The molecular formula is C15H10O2. The van der Waals surface area contributed by atoms with E-state index in [9.17, 15) is 4.79 Å². The van der Waals surface area contributed by atoms with Crippen LogP contribution in [0.2, 0.25) is 0 Å². The molecule has 0 aliphatic carbocycles. The van der Waals surface area contributed by atoms with E-state index in [0.717, 1.165) is 16.7 Å². The molecule has 82 valence electrons. The van der Waals surface area contributed by atoms with E-state index in [1.54, 1.807) is 24.3 Å². The standard InChI is InChI=1S/C15H10O2/c1-2-11-3-5-12(6-4-11)13-7-9-14(10-8-13)15(16)17/h1,3-10H,(H,16,17). The molecule has 2 nitrogen and oxygen atoms in total. The highest BCUT2D eigenvalue weighted by Crippen LogP contribution is 2.20. The molecule has 0 atom stereocenters. The van der Waals surface area contributed by atoms with Crippen molar-refractivity contribution in [2.24, 2.45) is 0 Å². The molecule has 0 spiro atoms. The average Bonchev–Trinajstić information content (AvgIpc) is 2.39. The zero-order valence-corrected chi connectivity index (χ0v) is 9.05. The van der Waals surface area contributed by atoms with Crippen molar-refractivity contribution in [1.82, 2.24) is 0 Å². The maximum Gasteiger partial charge on any atom is 0.335 e. The number of carboxylic acid groups (broad SMARTS) is 1. The minimum Gasteiger partial charge on any atom is -0.478 e. The Morgan fingerprint density at radius 2 is 1.41 bits per heavy atom. The van der Waals surface area contributed by atoms with Gasteiger partial charge in [-0.2, -0.15) is 0 Å². The van der Waals surface area contributed by atoms with Gasteiger partial charge in [0.1, 0.15) is 0 Å². The molecule has 0 unspecified atom stereocenters. The van der Waals surface area contributed by atoms with Gasteiger partial charge in [0.2, 0.25) is 0 Å². The van der Waals surface area contributed by atoms with Crippen LogP contribution in [0.3, 0.4) is 0 Å². The van der Waals surface area contributed by atoms with E-state index in [1.165, 1.54) is 0 Å². The van der Waals surface area contributed by atoms with E-state index in [1.807, 2.05) is 24.3 Å². The van der Waals surface area contributed by atoms with Crippen LogP contribution in [0.25, 0.3) is 11.1 Å². The van der Waals surface area contributed by atoms with Gasteiger partial charge in [0, 0.05) is 5.56 Å². The molecule has 0 amide bonds. The third-order valence-electron chi connectivity index (χ3n) is 2.52. The Morgan fingerprint density at radius 3 is 1.82 bits per heavy atom. The third kappa shape index (κ3) is 2.35. The lowest BCUT2D eigenvalue weighted by molar-refractivity contribution is 0.0697. The van der Waals surface area contributed by atoms with Crippen LogP contribution in [0.15, 0.2) is 48.5 Å². The number of carboxylic acids is 1. The lowest BCUT2D eigenvalue weighted by Crippen LogP contribution is -1.94. The predicted octanol–water partition coefficient (Wildman–Crippen LogP) is 3.03. The number of terminal acetylenes is 1. The molecule has 17 heavy (non-hydrogen) atoms. The number of hydrogen-bond acceptors (Lipinski definition) is 1. The van der Waals surface area contributed by atoms with Gasteiger partial charge in [-0.25, -0.2) is 4.79 Å². The fourth-order valence-electron chi connectivity index (χ4n) is 1.56. The second-order valence-electron chi connectivity index (χ2n) is 3.60. The van der Waals surface area contributed by atoms with E-state index in [-0.39, 0.29) is 5.56 Å². The van der Waals surface area contributed by atoms with Crippen molar-refractivity contribution in [3.8, 4) is 23.5 Å². The van der Waals surface area contributed by atoms with Gasteiger partial charge in [0.05, 0.1) is 5.56 Å². The molecule has 2 heteroatoms. The van der Waals surface area contributed by atoms with Gasteiger partial charge in [-0.05, 0) is 35.4 Å². The van der Waals surface area contributed by atoms with Gasteiger partial charge in [0.15, 0.2) is 0 Å². The van der Waals surface area contributed by atoms with Crippen LogP contribution in [0, 0.1) is 12.3 Å². The van der Waals surface area contributed by atoms with Crippen LogP contribution in [-0.4, -0.2) is 11.1 Å². The predicted molar refractivity (Wildman–Crippen MR) is 66.8 cm³/mol. The van der Waals surface area contributed by atoms with Crippen molar-refractivity contribution in [3.05, 3.63) is 59.7 Å². The lowest BCUT2D eigenvalue weighted by Gasteiger charge is -2.02. The summed E-state index contributed by atoms with van der Waals surface area (Å²) >= 11 is 0. The normalized spacial score (nSPS) is 9.59. The van der Waals surface area contributed by atoms with E-state index in [2.05, 4.69) is 5.92 Å². The Hall–Kier alpha value is -2.53. The molecule has 0 aromatic heterocycles. The Labute approximate surface area is 99.5 Å². The fraction of sp³-hybridized carbons (Fsp3) is 0. The first kappa shape index (κ1) is 11.0. The topological polar surface area (TPSA) is 37.3 Å². The van der Waals surface area contributed by atoms with Crippen molar-refractivity contribution in [3.63, 3.8) is 0 Å². The Balaban J connectivity index is 2.33. The van der Waals surface area contributed by atoms with Crippen LogP contribution >= 0.6 is 0 Å². The first-order valence-corrected chi connectivity index (χ1v) is 5.11. The summed E-state index contributed by atoms with van der Waals surface area (Å²) in [6.07, 6.45) is 5.28. The molecule has 0 fully saturated rings. The molecule has 0 bridgehead atoms.